The summed E-state index contributed by atoms with van der Waals surface area (Å²) in [5.41, 5.74) is 0. The summed E-state index contributed by atoms with van der Waals surface area (Å²) in [4.78, 5) is 40.3. The minimum absolute atomic E-state index is 0.0338. The van der Waals surface area contributed by atoms with E-state index in [1.807, 2.05) is 33.3 Å². The molecule has 0 aromatic rings. The zero-order valence-electron chi connectivity index (χ0n) is 60.7. The number of nitrogens with zero attached hydrogens (tertiary/aromatic N) is 1. The number of amides is 1. The van der Waals surface area contributed by atoms with Crippen LogP contribution in [0, 0.1) is 0 Å². The van der Waals surface area contributed by atoms with E-state index in [1.54, 1.807) is 0 Å². The number of allylic oxidation sites excluding steroid dienone is 25. The Hall–Kier alpha value is -4.37. The number of phosphoric ester groups is 1. The second-order valence-electron chi connectivity index (χ2n) is 26.0. The molecule has 1 N–H and O–H groups in total. The Balaban J connectivity index is 5.11. The van der Waals surface area contributed by atoms with Crippen molar-refractivity contribution in [3.63, 3.8) is 0 Å². The molecule has 0 fully saturated rings. The van der Waals surface area contributed by atoms with E-state index in [1.165, 1.54) is 109 Å². The average Bonchev–Trinajstić information content (AvgIpc) is 2.31. The Labute approximate surface area is 573 Å². The van der Waals surface area contributed by atoms with Crippen molar-refractivity contribution in [2.45, 2.75) is 315 Å². The topological polar surface area (TPSA) is 114 Å². The van der Waals surface area contributed by atoms with Gasteiger partial charge < -0.3 is 28.5 Å². The first kappa shape index (κ1) is 88.6. The molecule has 10 heteroatoms. The Morgan fingerprint density at radius 1 is 0.387 bits per heavy atom. The Kier molecular flexibility index (Phi) is 67.1. The summed E-state index contributed by atoms with van der Waals surface area (Å²) in [5.74, 6) is -0.565. The normalized spacial score (nSPS) is 14.4. The summed E-state index contributed by atoms with van der Waals surface area (Å²) >= 11 is 0. The van der Waals surface area contributed by atoms with Crippen LogP contribution in [0.25, 0.3) is 0 Å². The highest BCUT2D eigenvalue weighted by Crippen LogP contribution is 2.38. The number of esters is 1. The Morgan fingerprint density at radius 3 is 1.03 bits per heavy atom. The summed E-state index contributed by atoms with van der Waals surface area (Å²) in [7, 11) is 1.16. The first-order chi connectivity index (χ1) is 45.4. The van der Waals surface area contributed by atoms with Crippen molar-refractivity contribution in [2.75, 3.05) is 40.9 Å². The molecular formula is C83H141N2O7P. The van der Waals surface area contributed by atoms with E-state index < -0.39 is 26.6 Å². The number of unbranched alkanes of at least 4 members (excludes halogenated alkanes) is 27. The van der Waals surface area contributed by atoms with Gasteiger partial charge in [-0.25, -0.2) is 0 Å². The van der Waals surface area contributed by atoms with Crippen molar-refractivity contribution in [3.05, 3.63) is 158 Å². The van der Waals surface area contributed by atoms with Gasteiger partial charge in [0.15, 0.2) is 0 Å². The fourth-order valence-corrected chi connectivity index (χ4v) is 11.0. The van der Waals surface area contributed by atoms with Crippen LogP contribution in [0.2, 0.25) is 0 Å². The first-order valence-corrected chi connectivity index (χ1v) is 39.3. The quantitative estimate of drug-likeness (QED) is 0.0212. The molecule has 0 spiro atoms. The molecule has 0 aliphatic heterocycles. The maximum atomic E-state index is 13.6. The molecule has 0 saturated heterocycles. The highest BCUT2D eigenvalue weighted by atomic mass is 31.2. The molecule has 0 aliphatic rings. The second kappa shape index (κ2) is 70.4. The molecule has 93 heavy (non-hydrogen) atoms. The van der Waals surface area contributed by atoms with Gasteiger partial charge in [0.05, 0.1) is 33.8 Å². The van der Waals surface area contributed by atoms with Crippen LogP contribution in [0.3, 0.4) is 0 Å². The number of phosphoric acid groups is 1. The van der Waals surface area contributed by atoms with Gasteiger partial charge in [-0.2, -0.15) is 0 Å². The van der Waals surface area contributed by atoms with Crippen LogP contribution < -0.4 is 10.2 Å². The van der Waals surface area contributed by atoms with E-state index in [0.717, 1.165) is 154 Å². The van der Waals surface area contributed by atoms with Gasteiger partial charge in [0, 0.05) is 12.8 Å². The van der Waals surface area contributed by atoms with Crippen LogP contribution in [-0.2, 0) is 27.9 Å². The zero-order chi connectivity index (χ0) is 67.8. The zero-order valence-corrected chi connectivity index (χ0v) is 61.5. The smallest absolute Gasteiger partial charge is 0.306 e. The minimum Gasteiger partial charge on any atom is -0.756 e. The maximum Gasteiger partial charge on any atom is 0.306 e. The van der Waals surface area contributed by atoms with Crippen LogP contribution in [0.15, 0.2) is 158 Å². The molecule has 0 radical (unpaired) electrons. The largest absolute Gasteiger partial charge is 0.756 e. The molecule has 1 amide bonds. The van der Waals surface area contributed by atoms with Gasteiger partial charge in [-0.15, -0.1) is 0 Å². The summed E-state index contributed by atoms with van der Waals surface area (Å²) in [6.07, 6.45) is 104. The van der Waals surface area contributed by atoms with Crippen LogP contribution in [-0.4, -0.2) is 69.4 Å². The van der Waals surface area contributed by atoms with Gasteiger partial charge in [0.1, 0.15) is 19.3 Å². The molecule has 0 rings (SSSR count). The third kappa shape index (κ3) is 71.8. The van der Waals surface area contributed by atoms with E-state index in [0.29, 0.717) is 23.9 Å². The van der Waals surface area contributed by atoms with E-state index >= 15 is 0 Å². The maximum absolute atomic E-state index is 13.6. The highest BCUT2D eigenvalue weighted by Gasteiger charge is 2.27. The lowest BCUT2D eigenvalue weighted by atomic mass is 10.0. The molecule has 0 saturated carbocycles. The van der Waals surface area contributed by atoms with E-state index in [4.69, 9.17) is 13.8 Å². The SMILES string of the molecule is CC/C=C\C/C=C\C/C=C\C/C=C\C/C=C\C/C=C\CCCCCCCCCCC(=O)NC(COP(=O)([O-])OCC[N+](C)(C)C)C(/C=C/CCCCCCCCCCCCC)OC(=O)CCCCCCCCCC/C=C\C/C=C\C/C=C\C/C=C\C/C=C\C/C=C\CC. The molecule has 0 bridgehead atoms. The third-order valence-corrected chi connectivity index (χ3v) is 16.9. The van der Waals surface area contributed by atoms with E-state index in [-0.39, 0.29) is 24.9 Å². The number of carbonyl (C=O) groups excluding carboxylic acids is 2. The lowest BCUT2D eigenvalue weighted by molar-refractivity contribution is -0.870. The number of rotatable bonds is 67. The van der Waals surface area contributed by atoms with Crippen LogP contribution >= 0.6 is 7.82 Å². The molecule has 530 valence electrons. The minimum atomic E-state index is -4.73. The number of nitrogens with one attached hydrogen (secondary N) is 1. The monoisotopic (exact) mass is 1310 g/mol. The number of hydrogen-bond donors (Lipinski definition) is 1. The van der Waals surface area contributed by atoms with Crippen molar-refractivity contribution < 1.29 is 37.3 Å². The van der Waals surface area contributed by atoms with Crippen molar-refractivity contribution in [1.29, 1.82) is 0 Å². The molecule has 0 aromatic carbocycles. The van der Waals surface area contributed by atoms with E-state index in [9.17, 15) is 19.0 Å². The van der Waals surface area contributed by atoms with Crippen LogP contribution in [0.1, 0.15) is 303 Å². The Morgan fingerprint density at radius 2 is 0.688 bits per heavy atom. The predicted octanol–water partition coefficient (Wildman–Crippen LogP) is 24.0. The summed E-state index contributed by atoms with van der Waals surface area (Å²) in [5, 5.41) is 3.04. The van der Waals surface area contributed by atoms with Gasteiger partial charge >= 0.3 is 5.97 Å². The fourth-order valence-electron chi connectivity index (χ4n) is 10.2. The van der Waals surface area contributed by atoms with Crippen molar-refractivity contribution in [1.82, 2.24) is 5.32 Å². The number of likely N-dealkylation sites (N-methyl/N-ethyl adjacent to an activating group) is 1. The number of hydrogen-bond acceptors (Lipinski definition) is 7. The Bertz CT molecular complexity index is 2150. The molecule has 0 aliphatic carbocycles. The standard InChI is InChI=1S/C83H141N2O7P/c1-7-10-13-16-19-22-25-28-30-32-34-36-38-40-42-44-46-48-50-52-54-57-60-63-66-69-72-75-82(86)84-80(79-91-93(88,89)90-78-77-85(4,5)6)81(74-71-68-65-62-59-56-27-24-21-18-15-12-9-3)92-83(87)76-73-70-67-64-61-58-55-53-51-49-47-45-43-41-39-37-35-33-31-29-26-23-20-17-14-11-8-2/h10-11,13-14,19-20,22-23,28-31,34-37,40-43,46-49,71,74,80-81H,7-9,12,15-18,21,24-27,32-33,38-39,44-45,50-70,72-73,75-79H2,1-6H3,(H-,84,86,88,89)/b13-10-,14-11-,22-19-,23-20-,30-28-,31-29-,36-34-,37-35-,42-40-,43-41-,48-46-,49-47-,74-71+. The molecule has 3 atom stereocenters. The number of quaternary nitrogens is 1. The van der Waals surface area contributed by atoms with Gasteiger partial charge in [-0.3, -0.25) is 14.2 Å². The lowest BCUT2D eigenvalue weighted by Gasteiger charge is -2.30. The van der Waals surface area contributed by atoms with E-state index in [2.05, 4.69) is 172 Å². The number of ether oxygens (including phenoxy) is 1. The van der Waals surface area contributed by atoms with Gasteiger partial charge in [0.25, 0.3) is 7.82 Å². The first-order valence-electron chi connectivity index (χ1n) is 37.8. The summed E-state index contributed by atoms with van der Waals surface area (Å²) < 4.78 is 30.5. The van der Waals surface area contributed by atoms with Crippen molar-refractivity contribution >= 4 is 19.7 Å². The molecule has 3 unspecified atom stereocenters. The molecule has 9 nitrogen and oxygen atoms in total. The third-order valence-electron chi connectivity index (χ3n) is 16.0. The highest BCUT2D eigenvalue weighted by molar-refractivity contribution is 7.45. The van der Waals surface area contributed by atoms with Crippen LogP contribution in [0.5, 0.6) is 0 Å². The van der Waals surface area contributed by atoms with Crippen molar-refractivity contribution in [3.8, 4) is 0 Å². The van der Waals surface area contributed by atoms with Crippen LogP contribution in [0.4, 0.5) is 0 Å². The summed E-state index contributed by atoms with van der Waals surface area (Å²) in [6.45, 7) is 6.61. The van der Waals surface area contributed by atoms with Gasteiger partial charge in [-0.1, -0.05) is 314 Å². The molecule has 0 heterocycles. The van der Waals surface area contributed by atoms with Crippen molar-refractivity contribution in [2.24, 2.45) is 0 Å². The molecule has 0 aromatic heterocycles. The fraction of sp³-hybridized carbons (Fsp3) is 0.663. The number of carbonyl (C=O) groups is 2. The summed E-state index contributed by atoms with van der Waals surface area (Å²) in [6, 6.07) is -0.911. The molecular weight excluding hydrogens is 1170 g/mol. The second-order valence-corrected chi connectivity index (χ2v) is 27.4. The lowest BCUT2D eigenvalue weighted by Crippen LogP contribution is -2.47. The van der Waals surface area contributed by atoms with Gasteiger partial charge in [-0.05, 0) is 134 Å². The average molecular weight is 1310 g/mol. The predicted molar refractivity (Wildman–Crippen MR) is 403 cm³/mol. The van der Waals surface area contributed by atoms with Gasteiger partial charge in [0.2, 0.25) is 5.91 Å².